The molecule has 144 valence electrons. The summed E-state index contributed by atoms with van der Waals surface area (Å²) in [5.41, 5.74) is 2.54. The molecular weight excluding hydrogens is 394 g/mol. The molecule has 2 aromatic carbocycles. The number of aryl methyl sites for hydroxylation is 1. The minimum atomic E-state index is -0.517. The highest BCUT2D eigenvalue weighted by atomic mass is 35.5. The number of amidine groups is 1. The van der Waals surface area contributed by atoms with Gasteiger partial charge in [0.05, 0.1) is 5.69 Å². The Labute approximate surface area is 173 Å². The fraction of sp³-hybridized carbons (Fsp3) is 0.190. The highest BCUT2D eigenvalue weighted by Gasteiger charge is 2.38. The summed E-state index contributed by atoms with van der Waals surface area (Å²) in [7, 11) is 0. The van der Waals surface area contributed by atoms with Gasteiger partial charge in [-0.15, -0.1) is 6.58 Å². The van der Waals surface area contributed by atoms with Crippen molar-refractivity contribution >= 4 is 51.7 Å². The molecule has 0 saturated carbocycles. The monoisotopic (exact) mass is 413 g/mol. The lowest BCUT2D eigenvalue weighted by atomic mass is 10.2. The number of halogens is 1. The van der Waals surface area contributed by atoms with Gasteiger partial charge in [-0.3, -0.25) is 14.5 Å². The van der Waals surface area contributed by atoms with E-state index in [1.807, 2.05) is 31.2 Å². The zero-order chi connectivity index (χ0) is 20.1. The van der Waals surface area contributed by atoms with Crippen molar-refractivity contribution in [3.8, 4) is 0 Å². The number of carbonyl (C=O) groups is 2. The first-order valence-corrected chi connectivity index (χ1v) is 10.0. The number of nitrogens with zero attached hydrogens (tertiary/aromatic N) is 2. The second kappa shape index (κ2) is 9.08. The van der Waals surface area contributed by atoms with Crippen LogP contribution in [0.1, 0.15) is 12.0 Å². The van der Waals surface area contributed by atoms with Gasteiger partial charge in [0.15, 0.2) is 5.17 Å². The quantitative estimate of drug-likeness (QED) is 0.692. The largest absolute Gasteiger partial charge is 0.326 e. The third kappa shape index (κ3) is 5.03. The van der Waals surface area contributed by atoms with Gasteiger partial charge in [0.25, 0.3) is 0 Å². The number of hydrogen-bond donors (Lipinski definition) is 1. The summed E-state index contributed by atoms with van der Waals surface area (Å²) in [5, 5.41) is 3.45. The molecule has 1 atom stereocenters. The Morgan fingerprint density at radius 3 is 2.57 bits per heavy atom. The molecule has 2 amide bonds. The average Bonchev–Trinajstić information content (AvgIpc) is 2.94. The Balaban J connectivity index is 1.72. The molecule has 0 radical (unpaired) electrons. The minimum absolute atomic E-state index is 0.0622. The van der Waals surface area contributed by atoms with Crippen molar-refractivity contribution in [3.05, 3.63) is 71.8 Å². The molecule has 2 aromatic rings. The summed E-state index contributed by atoms with van der Waals surface area (Å²) in [5.74, 6) is -0.370. The molecule has 0 bridgehead atoms. The molecule has 1 aliphatic heterocycles. The standard InChI is InChI=1S/C21H20ClN3O2S/c1-3-12-25-20(27)18(13-19(26)23-16-10-6-15(22)7-11-16)28-21(25)24-17-8-4-14(2)5-9-17/h3-11,18H,1,12-13H2,2H3,(H,23,26)/t18-/m0/s1. The number of amides is 2. The van der Waals surface area contributed by atoms with E-state index in [9.17, 15) is 9.59 Å². The lowest BCUT2D eigenvalue weighted by Crippen LogP contribution is -2.33. The zero-order valence-electron chi connectivity index (χ0n) is 15.4. The van der Waals surface area contributed by atoms with Crippen molar-refractivity contribution in [3.63, 3.8) is 0 Å². The Bertz CT molecular complexity index is 910. The predicted molar refractivity (Wildman–Crippen MR) is 116 cm³/mol. The summed E-state index contributed by atoms with van der Waals surface area (Å²) in [6, 6.07) is 14.6. The first-order valence-electron chi connectivity index (χ1n) is 8.76. The van der Waals surface area contributed by atoms with Crippen molar-refractivity contribution in [2.75, 3.05) is 11.9 Å². The number of benzene rings is 2. The molecule has 1 saturated heterocycles. The number of carbonyl (C=O) groups excluding carboxylic acids is 2. The van der Waals surface area contributed by atoms with Crippen molar-refractivity contribution in [1.82, 2.24) is 4.90 Å². The van der Waals surface area contributed by atoms with Crippen LogP contribution >= 0.6 is 23.4 Å². The van der Waals surface area contributed by atoms with Crippen LogP contribution in [0.15, 0.2) is 66.2 Å². The van der Waals surface area contributed by atoms with E-state index in [1.165, 1.54) is 11.8 Å². The van der Waals surface area contributed by atoms with E-state index >= 15 is 0 Å². The number of rotatable bonds is 6. The van der Waals surface area contributed by atoms with E-state index in [2.05, 4.69) is 16.9 Å². The summed E-state index contributed by atoms with van der Waals surface area (Å²) in [6.45, 7) is 6.07. The van der Waals surface area contributed by atoms with Crippen LogP contribution in [0.3, 0.4) is 0 Å². The van der Waals surface area contributed by atoms with Gasteiger partial charge in [-0.25, -0.2) is 4.99 Å². The normalized spacial score (nSPS) is 17.8. The number of nitrogens with one attached hydrogen (secondary N) is 1. The average molecular weight is 414 g/mol. The van der Waals surface area contributed by atoms with Crippen LogP contribution in [0, 0.1) is 6.92 Å². The Morgan fingerprint density at radius 2 is 1.93 bits per heavy atom. The Morgan fingerprint density at radius 1 is 1.25 bits per heavy atom. The highest BCUT2D eigenvalue weighted by Crippen LogP contribution is 2.32. The molecule has 0 aliphatic carbocycles. The fourth-order valence-electron chi connectivity index (χ4n) is 2.67. The molecule has 7 heteroatoms. The van der Waals surface area contributed by atoms with Crippen LogP contribution in [0.4, 0.5) is 11.4 Å². The topological polar surface area (TPSA) is 61.8 Å². The molecule has 1 fully saturated rings. The van der Waals surface area contributed by atoms with Crippen LogP contribution in [-0.4, -0.2) is 33.7 Å². The number of anilines is 1. The SMILES string of the molecule is C=CCN1C(=O)[C@H](CC(=O)Nc2ccc(Cl)cc2)SC1=Nc1ccc(C)cc1. The zero-order valence-corrected chi connectivity index (χ0v) is 17.0. The van der Waals surface area contributed by atoms with Crippen LogP contribution in [-0.2, 0) is 9.59 Å². The van der Waals surface area contributed by atoms with E-state index in [4.69, 9.17) is 11.6 Å². The Kier molecular flexibility index (Phi) is 6.54. The second-order valence-corrected chi connectivity index (χ2v) is 7.94. The van der Waals surface area contributed by atoms with Gasteiger partial charge >= 0.3 is 0 Å². The maximum Gasteiger partial charge on any atom is 0.242 e. The van der Waals surface area contributed by atoms with E-state index in [-0.39, 0.29) is 18.2 Å². The highest BCUT2D eigenvalue weighted by molar-refractivity contribution is 8.15. The first-order chi connectivity index (χ1) is 13.5. The van der Waals surface area contributed by atoms with Crippen molar-refractivity contribution in [2.45, 2.75) is 18.6 Å². The number of thioether (sulfide) groups is 1. The molecule has 0 unspecified atom stereocenters. The fourth-order valence-corrected chi connectivity index (χ4v) is 3.96. The lowest BCUT2D eigenvalue weighted by molar-refractivity contribution is -0.127. The third-order valence-electron chi connectivity index (χ3n) is 4.09. The van der Waals surface area contributed by atoms with Gasteiger partial charge in [-0.05, 0) is 43.3 Å². The summed E-state index contributed by atoms with van der Waals surface area (Å²) in [4.78, 5) is 31.3. The van der Waals surface area contributed by atoms with Gasteiger partial charge in [0.2, 0.25) is 11.8 Å². The van der Waals surface area contributed by atoms with Gasteiger partial charge in [-0.2, -0.15) is 0 Å². The van der Waals surface area contributed by atoms with E-state index < -0.39 is 5.25 Å². The van der Waals surface area contributed by atoms with Crippen LogP contribution in [0.2, 0.25) is 5.02 Å². The van der Waals surface area contributed by atoms with E-state index in [1.54, 1.807) is 35.2 Å². The predicted octanol–water partition coefficient (Wildman–Crippen LogP) is 4.79. The smallest absolute Gasteiger partial charge is 0.242 e. The van der Waals surface area contributed by atoms with E-state index in [0.29, 0.717) is 22.4 Å². The molecular formula is C21H20ClN3O2S. The van der Waals surface area contributed by atoms with Crippen molar-refractivity contribution < 1.29 is 9.59 Å². The summed E-state index contributed by atoms with van der Waals surface area (Å²) < 4.78 is 0. The van der Waals surface area contributed by atoms with Gasteiger partial charge in [-0.1, -0.05) is 47.1 Å². The summed E-state index contributed by atoms with van der Waals surface area (Å²) >= 11 is 7.16. The minimum Gasteiger partial charge on any atom is -0.326 e. The molecule has 1 heterocycles. The number of aliphatic imine (C=N–C) groups is 1. The van der Waals surface area contributed by atoms with Crippen LogP contribution in [0.5, 0.6) is 0 Å². The van der Waals surface area contributed by atoms with Crippen molar-refractivity contribution in [1.29, 1.82) is 0 Å². The van der Waals surface area contributed by atoms with Crippen LogP contribution in [0.25, 0.3) is 0 Å². The third-order valence-corrected chi connectivity index (χ3v) is 5.52. The molecule has 0 spiro atoms. The maximum atomic E-state index is 12.8. The summed E-state index contributed by atoms with van der Waals surface area (Å²) in [6.07, 6.45) is 1.71. The molecule has 28 heavy (non-hydrogen) atoms. The van der Waals surface area contributed by atoms with Gasteiger partial charge < -0.3 is 5.32 Å². The molecule has 3 rings (SSSR count). The molecule has 5 nitrogen and oxygen atoms in total. The van der Waals surface area contributed by atoms with Gasteiger partial charge in [0.1, 0.15) is 5.25 Å². The second-order valence-electron chi connectivity index (χ2n) is 6.33. The molecule has 1 aliphatic rings. The maximum absolute atomic E-state index is 12.8. The lowest BCUT2D eigenvalue weighted by Gasteiger charge is -2.13. The first kappa shape index (κ1) is 20.2. The van der Waals surface area contributed by atoms with E-state index in [0.717, 1.165) is 11.3 Å². The molecule has 0 aromatic heterocycles. The molecule has 1 N–H and O–H groups in total. The Hall–Kier alpha value is -2.57. The number of hydrogen-bond acceptors (Lipinski definition) is 4. The van der Waals surface area contributed by atoms with Crippen LogP contribution < -0.4 is 5.32 Å². The van der Waals surface area contributed by atoms with Gasteiger partial charge in [0, 0.05) is 23.7 Å². The van der Waals surface area contributed by atoms with Crippen molar-refractivity contribution in [2.24, 2.45) is 4.99 Å².